The second-order valence-corrected chi connectivity index (χ2v) is 6.93. The van der Waals surface area contributed by atoms with Crippen molar-refractivity contribution in [2.24, 2.45) is 0 Å². The number of hydrogen-bond donors (Lipinski definition) is 2. The number of ether oxygens (including phenoxy) is 2. The van der Waals surface area contributed by atoms with Crippen LogP contribution in [0.1, 0.15) is 22.8 Å². The van der Waals surface area contributed by atoms with Gasteiger partial charge in [-0.1, -0.05) is 78.9 Å². The normalized spacial score (nSPS) is 11.8. The number of carbonyl (C=O) groups is 3. The Morgan fingerprint density at radius 2 is 1.45 bits per heavy atom. The molecule has 33 heavy (non-hydrogen) atoms. The number of amides is 3. The number of imide groups is 1. The van der Waals surface area contributed by atoms with Crippen LogP contribution in [0, 0.1) is 0 Å². The summed E-state index contributed by atoms with van der Waals surface area (Å²) >= 11 is 0. The predicted molar refractivity (Wildman–Crippen MR) is 125 cm³/mol. The van der Waals surface area contributed by atoms with E-state index in [-0.39, 0.29) is 5.57 Å². The van der Waals surface area contributed by atoms with Crippen LogP contribution in [-0.4, -0.2) is 32.1 Å². The number of rotatable bonds is 7. The molecule has 2 N–H and O–H groups in total. The van der Waals surface area contributed by atoms with Crippen molar-refractivity contribution in [1.29, 1.82) is 0 Å². The summed E-state index contributed by atoms with van der Waals surface area (Å²) in [6.45, 7) is 0. The summed E-state index contributed by atoms with van der Waals surface area (Å²) in [6.07, 6.45) is 0.315. The largest absolute Gasteiger partial charge is 0.496 e. The van der Waals surface area contributed by atoms with E-state index in [1.54, 1.807) is 73.8 Å². The average molecular weight is 444 g/mol. The second-order valence-electron chi connectivity index (χ2n) is 6.93. The molecule has 0 radical (unpaired) electrons. The van der Waals surface area contributed by atoms with E-state index in [1.165, 1.54) is 7.05 Å². The fourth-order valence-electron chi connectivity index (χ4n) is 3.13. The molecule has 0 aliphatic carbocycles. The Balaban J connectivity index is 2.01. The van der Waals surface area contributed by atoms with Crippen LogP contribution in [-0.2, 0) is 14.3 Å². The number of carbonyl (C=O) groups excluding carboxylic acids is 3. The molecule has 3 amide bonds. The van der Waals surface area contributed by atoms with Crippen molar-refractivity contribution >= 4 is 29.6 Å². The first kappa shape index (κ1) is 23.3. The SMILES string of the molecule is CNC(=O)NC(=O)C(OC(=O)/C(=C/c1ccccc1OC)c1ccccc1)c1ccccc1. The maximum absolute atomic E-state index is 13.4. The summed E-state index contributed by atoms with van der Waals surface area (Å²) in [5.74, 6) is -0.915. The number of benzene rings is 3. The third kappa shape index (κ3) is 6.07. The zero-order chi connectivity index (χ0) is 23.6. The first-order valence-corrected chi connectivity index (χ1v) is 10.2. The van der Waals surface area contributed by atoms with Crippen LogP contribution in [0.25, 0.3) is 11.6 Å². The fourth-order valence-corrected chi connectivity index (χ4v) is 3.13. The summed E-state index contributed by atoms with van der Waals surface area (Å²) in [7, 11) is 2.93. The molecular formula is C26H24N2O5. The topological polar surface area (TPSA) is 93.7 Å². The van der Waals surface area contributed by atoms with Crippen molar-refractivity contribution in [2.45, 2.75) is 6.10 Å². The zero-order valence-electron chi connectivity index (χ0n) is 18.3. The Morgan fingerprint density at radius 1 is 0.848 bits per heavy atom. The quantitative estimate of drug-likeness (QED) is 0.327. The van der Waals surface area contributed by atoms with Gasteiger partial charge in [0.2, 0.25) is 6.10 Å². The standard InChI is InChI=1S/C26H24N2O5/c1-27-26(31)28-24(29)23(19-13-7-4-8-14-19)33-25(30)21(18-11-5-3-6-12-18)17-20-15-9-10-16-22(20)32-2/h3-17,23H,1-2H3,(H2,27,28,29,31)/b21-17+. The summed E-state index contributed by atoms with van der Waals surface area (Å²) in [4.78, 5) is 37.9. The monoisotopic (exact) mass is 444 g/mol. The first-order valence-electron chi connectivity index (χ1n) is 10.2. The molecule has 7 heteroatoms. The van der Waals surface area contributed by atoms with E-state index in [4.69, 9.17) is 9.47 Å². The number of nitrogens with one attached hydrogen (secondary N) is 2. The van der Waals surface area contributed by atoms with E-state index < -0.39 is 24.0 Å². The summed E-state index contributed by atoms with van der Waals surface area (Å²) < 4.78 is 11.1. The Morgan fingerprint density at radius 3 is 2.09 bits per heavy atom. The molecule has 1 unspecified atom stereocenters. The highest BCUT2D eigenvalue weighted by Crippen LogP contribution is 2.28. The highest BCUT2D eigenvalue weighted by Gasteiger charge is 2.28. The predicted octanol–water partition coefficient (Wildman–Crippen LogP) is 3.98. The molecule has 3 rings (SSSR count). The van der Waals surface area contributed by atoms with Gasteiger partial charge in [-0.3, -0.25) is 10.1 Å². The van der Waals surface area contributed by atoms with Crippen molar-refractivity contribution in [3.05, 3.63) is 102 Å². The fraction of sp³-hybridized carbons (Fsp3) is 0.115. The highest BCUT2D eigenvalue weighted by molar-refractivity contribution is 6.22. The molecule has 0 aliphatic rings. The molecular weight excluding hydrogens is 420 g/mol. The molecule has 0 heterocycles. The molecule has 1 atom stereocenters. The lowest BCUT2D eigenvalue weighted by atomic mass is 10.0. The number of para-hydroxylation sites is 1. The molecule has 0 bridgehead atoms. The van der Waals surface area contributed by atoms with Crippen LogP contribution in [0.5, 0.6) is 5.75 Å². The van der Waals surface area contributed by atoms with Crippen molar-refractivity contribution in [3.8, 4) is 5.75 Å². The minimum absolute atomic E-state index is 0.230. The minimum Gasteiger partial charge on any atom is -0.496 e. The van der Waals surface area contributed by atoms with Gasteiger partial charge in [-0.25, -0.2) is 9.59 Å². The van der Waals surface area contributed by atoms with Crippen molar-refractivity contribution in [1.82, 2.24) is 10.6 Å². The van der Waals surface area contributed by atoms with Crippen molar-refractivity contribution in [2.75, 3.05) is 14.2 Å². The van der Waals surface area contributed by atoms with E-state index in [9.17, 15) is 14.4 Å². The highest BCUT2D eigenvalue weighted by atomic mass is 16.5. The Bertz CT molecular complexity index is 1140. The molecule has 0 fully saturated rings. The molecule has 3 aromatic rings. The van der Waals surface area contributed by atoms with E-state index in [0.29, 0.717) is 22.4 Å². The van der Waals surface area contributed by atoms with E-state index in [2.05, 4.69) is 10.6 Å². The lowest BCUT2D eigenvalue weighted by Gasteiger charge is -2.19. The Labute approximate surface area is 192 Å². The van der Waals surface area contributed by atoms with Crippen molar-refractivity contribution in [3.63, 3.8) is 0 Å². The number of esters is 1. The van der Waals surface area contributed by atoms with Gasteiger partial charge >= 0.3 is 12.0 Å². The molecule has 3 aromatic carbocycles. The molecule has 168 valence electrons. The molecule has 0 spiro atoms. The lowest BCUT2D eigenvalue weighted by molar-refractivity contribution is -0.150. The maximum Gasteiger partial charge on any atom is 0.339 e. The van der Waals surface area contributed by atoms with Gasteiger partial charge in [0.1, 0.15) is 5.75 Å². The van der Waals surface area contributed by atoms with Crippen molar-refractivity contribution < 1.29 is 23.9 Å². The molecule has 0 aromatic heterocycles. The van der Waals surface area contributed by atoms with Crippen LogP contribution < -0.4 is 15.4 Å². The number of urea groups is 1. The van der Waals surface area contributed by atoms with E-state index >= 15 is 0 Å². The van der Waals surface area contributed by atoms with Gasteiger partial charge < -0.3 is 14.8 Å². The van der Waals surface area contributed by atoms with Gasteiger partial charge in [-0.15, -0.1) is 0 Å². The third-order valence-corrected chi connectivity index (χ3v) is 4.77. The second kappa shape index (κ2) is 11.3. The number of methoxy groups -OCH3 is 1. The zero-order valence-corrected chi connectivity index (χ0v) is 18.3. The number of hydrogen-bond acceptors (Lipinski definition) is 5. The third-order valence-electron chi connectivity index (χ3n) is 4.77. The maximum atomic E-state index is 13.4. The van der Waals surface area contributed by atoms with Gasteiger partial charge in [0.15, 0.2) is 0 Å². The van der Waals surface area contributed by atoms with Crippen LogP contribution in [0.15, 0.2) is 84.9 Å². The van der Waals surface area contributed by atoms with Gasteiger partial charge in [-0.2, -0.15) is 0 Å². The smallest absolute Gasteiger partial charge is 0.339 e. The molecule has 0 saturated heterocycles. The molecule has 0 saturated carbocycles. The lowest BCUT2D eigenvalue weighted by Crippen LogP contribution is -2.41. The first-order chi connectivity index (χ1) is 16.0. The van der Waals surface area contributed by atoms with Crippen LogP contribution >= 0.6 is 0 Å². The van der Waals surface area contributed by atoms with Crippen LogP contribution in [0.4, 0.5) is 4.79 Å². The van der Waals surface area contributed by atoms with Gasteiger partial charge in [0.05, 0.1) is 12.7 Å². The summed E-state index contributed by atoms with van der Waals surface area (Å²) in [5, 5.41) is 4.49. The molecule has 0 aliphatic heterocycles. The summed E-state index contributed by atoms with van der Waals surface area (Å²) in [5.41, 5.74) is 1.93. The minimum atomic E-state index is -1.33. The van der Waals surface area contributed by atoms with Gasteiger partial charge in [-0.05, 0) is 17.7 Å². The van der Waals surface area contributed by atoms with E-state index in [1.807, 2.05) is 24.3 Å². The summed E-state index contributed by atoms with van der Waals surface area (Å²) in [6, 6.07) is 24.0. The average Bonchev–Trinajstić information content (AvgIpc) is 2.86. The Kier molecular flexibility index (Phi) is 7.96. The van der Waals surface area contributed by atoms with Crippen LogP contribution in [0.2, 0.25) is 0 Å². The van der Waals surface area contributed by atoms with E-state index in [0.717, 1.165) is 0 Å². The Hall–Kier alpha value is -4.39. The van der Waals surface area contributed by atoms with Gasteiger partial charge in [0.25, 0.3) is 5.91 Å². The molecule has 7 nitrogen and oxygen atoms in total. The van der Waals surface area contributed by atoms with Gasteiger partial charge in [0, 0.05) is 18.2 Å². The van der Waals surface area contributed by atoms with Crippen LogP contribution in [0.3, 0.4) is 0 Å².